The van der Waals surface area contributed by atoms with Gasteiger partial charge in [-0.25, -0.2) is 0 Å². The summed E-state index contributed by atoms with van der Waals surface area (Å²) >= 11 is 0. The lowest BCUT2D eigenvalue weighted by Crippen LogP contribution is -2.15. The molecule has 0 bridgehead atoms. The lowest BCUT2D eigenvalue weighted by atomic mass is 10.1. The number of aromatic nitrogens is 3. The highest BCUT2D eigenvalue weighted by atomic mass is 16.5. The monoisotopic (exact) mass is 287 g/mol. The molecule has 1 aromatic heterocycles. The Bertz CT molecular complexity index is 655. The molecule has 112 valence electrons. The van der Waals surface area contributed by atoms with Crippen molar-refractivity contribution in [2.24, 2.45) is 0 Å². The van der Waals surface area contributed by atoms with Gasteiger partial charge in [-0.05, 0) is 37.5 Å². The van der Waals surface area contributed by atoms with Crippen molar-refractivity contribution in [3.8, 4) is 11.8 Å². The third-order valence-corrected chi connectivity index (χ3v) is 3.29. The summed E-state index contributed by atoms with van der Waals surface area (Å²) in [4.78, 5) is 14.7. The molecule has 0 spiro atoms. The fourth-order valence-corrected chi connectivity index (χ4v) is 1.88. The van der Waals surface area contributed by atoms with Gasteiger partial charge in [0.2, 0.25) is 11.9 Å². The molecule has 6 heteroatoms. The molecule has 1 aromatic carbocycles. The van der Waals surface area contributed by atoms with Crippen molar-refractivity contribution in [1.82, 2.24) is 15.0 Å². The van der Waals surface area contributed by atoms with Crippen LogP contribution in [0.25, 0.3) is 0 Å². The fourth-order valence-electron chi connectivity index (χ4n) is 1.88. The Balaban J connectivity index is 2.44. The van der Waals surface area contributed by atoms with Crippen molar-refractivity contribution in [1.29, 1.82) is 0 Å². The van der Waals surface area contributed by atoms with Crippen LogP contribution in [0.5, 0.6) is 11.8 Å². The smallest absolute Gasteiger partial charge is 0.328 e. The highest BCUT2D eigenvalue weighted by molar-refractivity contribution is 5.46. The highest BCUT2D eigenvalue weighted by Gasteiger charge is 2.13. The second-order valence-electron chi connectivity index (χ2n) is 5.14. The summed E-state index contributed by atoms with van der Waals surface area (Å²) in [7, 11) is 5.52. The first kappa shape index (κ1) is 15.0. The Morgan fingerprint density at radius 1 is 1.00 bits per heavy atom. The summed E-state index contributed by atoms with van der Waals surface area (Å²) in [6, 6.07) is 4.40. The van der Waals surface area contributed by atoms with Gasteiger partial charge in [0.25, 0.3) is 0 Å². The van der Waals surface area contributed by atoms with Crippen molar-refractivity contribution >= 4 is 11.9 Å². The maximum atomic E-state index is 5.93. The number of aryl methyl sites for hydroxylation is 2. The van der Waals surface area contributed by atoms with E-state index in [1.54, 1.807) is 7.05 Å². The van der Waals surface area contributed by atoms with E-state index < -0.39 is 0 Å². The lowest BCUT2D eigenvalue weighted by molar-refractivity contribution is 0.434. The van der Waals surface area contributed by atoms with Crippen molar-refractivity contribution in [2.75, 3.05) is 31.4 Å². The summed E-state index contributed by atoms with van der Waals surface area (Å²) in [5.74, 6) is 1.83. The van der Waals surface area contributed by atoms with E-state index in [1.165, 1.54) is 5.56 Å². The van der Waals surface area contributed by atoms with Gasteiger partial charge >= 0.3 is 6.01 Å². The molecular weight excluding hydrogens is 266 g/mol. The molecule has 2 aromatic rings. The van der Waals surface area contributed by atoms with Crippen molar-refractivity contribution in [3.05, 3.63) is 28.8 Å². The number of hydrogen-bond donors (Lipinski definition) is 1. The van der Waals surface area contributed by atoms with Crippen LogP contribution in [0.1, 0.15) is 16.7 Å². The van der Waals surface area contributed by atoms with Gasteiger partial charge in [-0.2, -0.15) is 15.0 Å². The van der Waals surface area contributed by atoms with Gasteiger partial charge in [-0.3, -0.25) is 0 Å². The van der Waals surface area contributed by atoms with Crippen molar-refractivity contribution < 1.29 is 4.74 Å². The average molecular weight is 287 g/mol. The van der Waals surface area contributed by atoms with E-state index in [4.69, 9.17) is 4.74 Å². The second kappa shape index (κ2) is 5.95. The molecule has 1 heterocycles. The number of hydrogen-bond acceptors (Lipinski definition) is 6. The molecule has 0 aliphatic heterocycles. The van der Waals surface area contributed by atoms with Crippen LogP contribution in [0.15, 0.2) is 12.1 Å². The summed E-state index contributed by atoms with van der Waals surface area (Å²) in [6.45, 7) is 6.10. The van der Waals surface area contributed by atoms with Gasteiger partial charge in [-0.1, -0.05) is 12.1 Å². The highest BCUT2D eigenvalue weighted by Crippen LogP contribution is 2.29. The van der Waals surface area contributed by atoms with Gasteiger partial charge in [0.05, 0.1) is 0 Å². The maximum Gasteiger partial charge on any atom is 0.328 e. The maximum absolute atomic E-state index is 5.93. The van der Waals surface area contributed by atoms with E-state index in [1.807, 2.05) is 38.9 Å². The second-order valence-corrected chi connectivity index (χ2v) is 5.14. The molecule has 0 saturated carbocycles. The van der Waals surface area contributed by atoms with Gasteiger partial charge in [0.1, 0.15) is 5.75 Å². The van der Waals surface area contributed by atoms with Crippen LogP contribution in [-0.2, 0) is 0 Å². The third kappa shape index (κ3) is 3.21. The Morgan fingerprint density at radius 2 is 1.67 bits per heavy atom. The minimum atomic E-state index is 0.287. The zero-order valence-electron chi connectivity index (χ0n) is 13.4. The molecule has 0 saturated heterocycles. The van der Waals surface area contributed by atoms with Crippen molar-refractivity contribution in [2.45, 2.75) is 20.8 Å². The SMILES string of the molecule is CNc1nc(Oc2c(C)ccc(C)c2C)nc(N(C)C)n1. The lowest BCUT2D eigenvalue weighted by Gasteiger charge is -2.15. The Morgan fingerprint density at radius 3 is 2.29 bits per heavy atom. The van der Waals surface area contributed by atoms with E-state index in [9.17, 15) is 0 Å². The zero-order chi connectivity index (χ0) is 15.6. The molecule has 0 atom stereocenters. The predicted octanol–water partition coefficient (Wildman–Crippen LogP) is 2.70. The first-order valence-corrected chi connectivity index (χ1v) is 6.78. The number of rotatable bonds is 4. The number of benzene rings is 1. The standard InChI is InChI=1S/C15H21N5O/c1-9-7-8-10(2)12(11(9)3)21-15-18-13(16-4)17-14(19-15)20(5)6/h7-8H,1-6H3,(H,16,17,18,19). The summed E-state index contributed by atoms with van der Waals surface area (Å²) in [5.41, 5.74) is 3.31. The third-order valence-electron chi connectivity index (χ3n) is 3.29. The minimum Gasteiger partial charge on any atom is -0.424 e. The fraction of sp³-hybridized carbons (Fsp3) is 0.400. The normalized spacial score (nSPS) is 10.4. The number of nitrogens with zero attached hydrogens (tertiary/aromatic N) is 4. The summed E-state index contributed by atoms with van der Waals surface area (Å²) in [6.07, 6.45) is 0. The van der Waals surface area contributed by atoms with Gasteiger partial charge < -0.3 is 15.0 Å². The van der Waals surface area contributed by atoms with Crippen LogP contribution >= 0.6 is 0 Å². The first-order chi connectivity index (χ1) is 9.92. The molecule has 0 aliphatic carbocycles. The predicted molar refractivity (Wildman–Crippen MR) is 84.4 cm³/mol. The number of nitrogens with one attached hydrogen (secondary N) is 1. The van der Waals surface area contributed by atoms with Crippen LogP contribution in [0.3, 0.4) is 0 Å². The van der Waals surface area contributed by atoms with E-state index in [0.29, 0.717) is 11.9 Å². The zero-order valence-corrected chi connectivity index (χ0v) is 13.4. The van der Waals surface area contributed by atoms with Crippen LogP contribution in [0, 0.1) is 20.8 Å². The van der Waals surface area contributed by atoms with Gasteiger partial charge in [0.15, 0.2) is 0 Å². The minimum absolute atomic E-state index is 0.287. The summed E-state index contributed by atoms with van der Waals surface area (Å²) in [5, 5.41) is 2.92. The average Bonchev–Trinajstić information content (AvgIpc) is 2.47. The Hall–Kier alpha value is -2.37. The Kier molecular flexibility index (Phi) is 4.26. The molecule has 0 aliphatic rings. The molecular formula is C15H21N5O. The van der Waals surface area contributed by atoms with Gasteiger partial charge in [-0.15, -0.1) is 0 Å². The van der Waals surface area contributed by atoms with Crippen LogP contribution in [0.2, 0.25) is 0 Å². The molecule has 21 heavy (non-hydrogen) atoms. The van der Waals surface area contributed by atoms with Crippen LogP contribution < -0.4 is 15.0 Å². The van der Waals surface area contributed by atoms with E-state index in [-0.39, 0.29) is 6.01 Å². The summed E-state index contributed by atoms with van der Waals surface area (Å²) < 4.78 is 5.93. The van der Waals surface area contributed by atoms with E-state index in [0.717, 1.165) is 16.9 Å². The quantitative estimate of drug-likeness (QED) is 0.933. The molecule has 1 N–H and O–H groups in total. The topological polar surface area (TPSA) is 63.2 Å². The van der Waals surface area contributed by atoms with Crippen LogP contribution in [-0.4, -0.2) is 36.1 Å². The molecule has 6 nitrogen and oxygen atoms in total. The van der Waals surface area contributed by atoms with E-state index in [2.05, 4.69) is 33.3 Å². The van der Waals surface area contributed by atoms with Crippen LogP contribution in [0.4, 0.5) is 11.9 Å². The number of ether oxygens (including phenoxy) is 1. The molecule has 0 fully saturated rings. The molecule has 2 rings (SSSR count). The van der Waals surface area contributed by atoms with Crippen molar-refractivity contribution in [3.63, 3.8) is 0 Å². The Labute approximate surface area is 125 Å². The molecule has 0 amide bonds. The van der Waals surface area contributed by atoms with E-state index >= 15 is 0 Å². The molecule has 0 unspecified atom stereocenters. The van der Waals surface area contributed by atoms with Gasteiger partial charge in [0, 0.05) is 21.1 Å². The largest absolute Gasteiger partial charge is 0.424 e. The first-order valence-electron chi connectivity index (χ1n) is 6.78. The number of anilines is 2. The molecule has 0 radical (unpaired) electrons.